The first-order valence-corrected chi connectivity index (χ1v) is 10.1. The molecule has 6 heteroatoms. The second-order valence-electron chi connectivity index (χ2n) is 7.58. The number of oxime groups is 1. The number of aryl methyl sites for hydroxylation is 1. The summed E-state index contributed by atoms with van der Waals surface area (Å²) in [6, 6.07) is 19.7. The van der Waals surface area contributed by atoms with Crippen molar-refractivity contribution < 1.29 is 18.4 Å². The minimum atomic E-state index is -0.583. The highest BCUT2D eigenvalue weighted by Crippen LogP contribution is 2.22. The summed E-state index contributed by atoms with van der Waals surface area (Å²) in [6.45, 7) is 2.43. The van der Waals surface area contributed by atoms with E-state index in [1.807, 2.05) is 31.2 Å². The smallest absolute Gasteiger partial charge is 0.257 e. The standard InChI is InChI=1S/C25H22F2N2O2/c1-17-6-2-3-7-21(17)24-14-20(31-28-24)16-29(15-18-10-12-19(26)13-11-18)25(30)22-8-4-5-9-23(22)27/h2-13,20H,14-16H2,1H3. The molecule has 3 aromatic carbocycles. The topological polar surface area (TPSA) is 41.9 Å². The summed E-state index contributed by atoms with van der Waals surface area (Å²) >= 11 is 0. The Morgan fingerprint density at radius 2 is 1.74 bits per heavy atom. The van der Waals surface area contributed by atoms with Gasteiger partial charge in [-0.05, 0) is 42.3 Å². The Morgan fingerprint density at radius 1 is 1.03 bits per heavy atom. The minimum Gasteiger partial charge on any atom is -0.390 e. The molecular formula is C25H22F2N2O2. The second kappa shape index (κ2) is 9.08. The second-order valence-corrected chi connectivity index (χ2v) is 7.58. The minimum absolute atomic E-state index is 0.0114. The largest absolute Gasteiger partial charge is 0.390 e. The zero-order valence-corrected chi connectivity index (χ0v) is 17.1. The van der Waals surface area contributed by atoms with Gasteiger partial charge in [-0.15, -0.1) is 0 Å². The quantitative estimate of drug-likeness (QED) is 0.556. The summed E-state index contributed by atoms with van der Waals surface area (Å²) < 4.78 is 27.6. The average Bonchev–Trinajstić information content (AvgIpc) is 3.23. The van der Waals surface area contributed by atoms with Crippen LogP contribution in [-0.4, -0.2) is 29.2 Å². The van der Waals surface area contributed by atoms with Crippen molar-refractivity contribution in [2.75, 3.05) is 6.54 Å². The summed E-state index contributed by atoms with van der Waals surface area (Å²) in [6.07, 6.45) is 0.181. The van der Waals surface area contributed by atoms with E-state index in [1.165, 1.54) is 29.2 Å². The lowest BCUT2D eigenvalue weighted by Gasteiger charge is -2.25. The van der Waals surface area contributed by atoms with Gasteiger partial charge in [0.2, 0.25) is 0 Å². The van der Waals surface area contributed by atoms with E-state index in [2.05, 4.69) is 5.16 Å². The molecule has 0 saturated heterocycles. The van der Waals surface area contributed by atoms with Crippen molar-refractivity contribution in [1.82, 2.24) is 4.90 Å². The number of carbonyl (C=O) groups excluding carboxylic acids is 1. The van der Waals surface area contributed by atoms with Gasteiger partial charge in [-0.25, -0.2) is 8.78 Å². The molecule has 1 aliphatic rings. The highest BCUT2D eigenvalue weighted by molar-refractivity contribution is 6.02. The van der Waals surface area contributed by atoms with Crippen LogP contribution in [0.25, 0.3) is 0 Å². The van der Waals surface area contributed by atoms with Gasteiger partial charge in [-0.3, -0.25) is 4.79 Å². The summed E-state index contributed by atoms with van der Waals surface area (Å²) in [7, 11) is 0. The molecule has 1 heterocycles. The molecule has 0 fully saturated rings. The first-order valence-electron chi connectivity index (χ1n) is 10.1. The SMILES string of the molecule is Cc1ccccc1C1=NOC(CN(Cc2ccc(F)cc2)C(=O)c2ccccc2F)C1. The fourth-order valence-electron chi connectivity index (χ4n) is 3.66. The molecule has 1 atom stereocenters. The van der Waals surface area contributed by atoms with Crippen molar-refractivity contribution in [3.8, 4) is 0 Å². The maximum Gasteiger partial charge on any atom is 0.257 e. The molecule has 158 valence electrons. The molecule has 0 aromatic heterocycles. The number of nitrogens with zero attached hydrogens (tertiary/aromatic N) is 2. The normalized spacial score (nSPS) is 15.3. The number of carbonyl (C=O) groups is 1. The molecule has 0 spiro atoms. The van der Waals surface area contributed by atoms with Crippen LogP contribution >= 0.6 is 0 Å². The van der Waals surface area contributed by atoms with E-state index in [0.717, 1.165) is 22.4 Å². The molecular weight excluding hydrogens is 398 g/mol. The van der Waals surface area contributed by atoms with Gasteiger partial charge in [-0.2, -0.15) is 0 Å². The first-order chi connectivity index (χ1) is 15.0. The number of hydrogen-bond donors (Lipinski definition) is 0. The Hall–Kier alpha value is -3.54. The van der Waals surface area contributed by atoms with Crippen molar-refractivity contribution in [3.63, 3.8) is 0 Å². The number of amides is 1. The van der Waals surface area contributed by atoms with Crippen LogP contribution in [0.5, 0.6) is 0 Å². The first kappa shape index (κ1) is 20.7. The van der Waals surface area contributed by atoms with Crippen LogP contribution in [0, 0.1) is 18.6 Å². The van der Waals surface area contributed by atoms with Crippen molar-refractivity contribution in [2.45, 2.75) is 26.0 Å². The van der Waals surface area contributed by atoms with E-state index in [4.69, 9.17) is 4.84 Å². The van der Waals surface area contributed by atoms with Gasteiger partial charge >= 0.3 is 0 Å². The van der Waals surface area contributed by atoms with Crippen LogP contribution in [0.15, 0.2) is 78.0 Å². The number of benzene rings is 3. The van der Waals surface area contributed by atoms with Crippen molar-refractivity contribution in [3.05, 3.63) is 107 Å². The molecule has 1 aliphatic heterocycles. The predicted molar refractivity (Wildman–Crippen MR) is 115 cm³/mol. The van der Waals surface area contributed by atoms with Gasteiger partial charge in [0, 0.05) is 18.5 Å². The summed E-state index contributed by atoms with van der Waals surface area (Å²) in [4.78, 5) is 20.3. The van der Waals surface area contributed by atoms with Crippen molar-refractivity contribution in [1.29, 1.82) is 0 Å². The van der Waals surface area contributed by atoms with Gasteiger partial charge in [-0.1, -0.05) is 53.7 Å². The highest BCUT2D eigenvalue weighted by atomic mass is 19.1. The monoisotopic (exact) mass is 420 g/mol. The maximum atomic E-state index is 14.3. The number of hydrogen-bond acceptors (Lipinski definition) is 3. The van der Waals surface area contributed by atoms with E-state index < -0.39 is 11.7 Å². The van der Waals surface area contributed by atoms with Crippen LogP contribution in [-0.2, 0) is 11.4 Å². The Morgan fingerprint density at radius 3 is 2.48 bits per heavy atom. The van der Waals surface area contributed by atoms with E-state index in [9.17, 15) is 13.6 Å². The van der Waals surface area contributed by atoms with Crippen LogP contribution in [0.3, 0.4) is 0 Å². The summed E-state index contributed by atoms with van der Waals surface area (Å²) in [5.74, 6) is -1.39. The number of halogens is 2. The summed E-state index contributed by atoms with van der Waals surface area (Å²) in [5, 5.41) is 4.22. The average molecular weight is 420 g/mol. The third-order valence-corrected chi connectivity index (χ3v) is 5.29. The fraction of sp³-hybridized carbons (Fsp3) is 0.200. The van der Waals surface area contributed by atoms with E-state index in [1.54, 1.807) is 24.3 Å². The van der Waals surface area contributed by atoms with E-state index >= 15 is 0 Å². The molecule has 0 aliphatic carbocycles. The highest BCUT2D eigenvalue weighted by Gasteiger charge is 2.28. The fourth-order valence-corrected chi connectivity index (χ4v) is 3.66. The number of rotatable bonds is 6. The van der Waals surface area contributed by atoms with Gasteiger partial charge in [0.05, 0.1) is 17.8 Å². The van der Waals surface area contributed by atoms with Crippen LogP contribution in [0.4, 0.5) is 8.78 Å². The van der Waals surface area contributed by atoms with E-state index in [-0.39, 0.29) is 30.6 Å². The van der Waals surface area contributed by atoms with E-state index in [0.29, 0.717) is 6.42 Å². The zero-order valence-electron chi connectivity index (χ0n) is 17.1. The predicted octanol–water partition coefficient (Wildman–Crippen LogP) is 5.11. The molecule has 0 N–H and O–H groups in total. The lowest BCUT2D eigenvalue weighted by molar-refractivity contribution is 0.0402. The summed E-state index contributed by atoms with van der Waals surface area (Å²) in [5.41, 5.74) is 3.65. The van der Waals surface area contributed by atoms with Crippen molar-refractivity contribution >= 4 is 11.6 Å². The Balaban J connectivity index is 1.53. The third-order valence-electron chi connectivity index (χ3n) is 5.29. The molecule has 1 unspecified atom stereocenters. The molecule has 0 saturated carbocycles. The molecule has 1 amide bonds. The molecule has 0 radical (unpaired) electrons. The maximum absolute atomic E-state index is 14.3. The lowest BCUT2D eigenvalue weighted by atomic mass is 10.00. The van der Waals surface area contributed by atoms with Gasteiger partial charge in [0.1, 0.15) is 11.6 Å². The molecule has 3 aromatic rings. The zero-order chi connectivity index (χ0) is 21.8. The third kappa shape index (κ3) is 4.79. The van der Waals surface area contributed by atoms with Crippen molar-refractivity contribution in [2.24, 2.45) is 5.16 Å². The Labute approximate surface area is 179 Å². The molecule has 4 rings (SSSR count). The van der Waals surface area contributed by atoms with Gasteiger partial charge in [0.25, 0.3) is 5.91 Å². The van der Waals surface area contributed by atoms with Gasteiger partial charge < -0.3 is 9.74 Å². The molecule has 31 heavy (non-hydrogen) atoms. The Bertz CT molecular complexity index is 1110. The van der Waals surface area contributed by atoms with Gasteiger partial charge in [0.15, 0.2) is 6.10 Å². The van der Waals surface area contributed by atoms with Crippen LogP contribution in [0.2, 0.25) is 0 Å². The Kier molecular flexibility index (Phi) is 6.07. The van der Waals surface area contributed by atoms with Crippen LogP contribution < -0.4 is 0 Å². The van der Waals surface area contributed by atoms with Crippen LogP contribution in [0.1, 0.15) is 33.5 Å². The lowest BCUT2D eigenvalue weighted by Crippen LogP contribution is -2.37. The molecule has 0 bridgehead atoms. The molecule has 4 nitrogen and oxygen atoms in total.